The number of hydrogen-bond acceptors (Lipinski definition) is 5. The van der Waals surface area contributed by atoms with E-state index in [1.165, 1.54) is 4.90 Å². The third kappa shape index (κ3) is 4.07. The molecule has 1 heterocycles. The molecule has 0 atom stereocenters. The lowest BCUT2D eigenvalue weighted by Crippen LogP contribution is -2.33. The van der Waals surface area contributed by atoms with Crippen molar-refractivity contribution in [3.63, 3.8) is 0 Å². The number of para-hydroxylation sites is 2. The van der Waals surface area contributed by atoms with Crippen LogP contribution < -0.4 is 19.7 Å². The van der Waals surface area contributed by atoms with Crippen LogP contribution in [-0.2, 0) is 9.59 Å². The summed E-state index contributed by atoms with van der Waals surface area (Å²) in [5.41, 5.74) is 2.21. The monoisotopic (exact) mass is 428 g/mol. The highest BCUT2D eigenvalue weighted by Gasteiger charge is 2.41. The van der Waals surface area contributed by atoms with Crippen LogP contribution in [0.3, 0.4) is 0 Å². The zero-order valence-corrected chi connectivity index (χ0v) is 18.2. The summed E-state index contributed by atoms with van der Waals surface area (Å²) in [7, 11) is 1.57. The molecule has 3 aromatic rings. The number of ether oxygens (including phenoxy) is 2. The maximum atomic E-state index is 13.6. The maximum Gasteiger partial charge on any atom is 0.282 e. The van der Waals surface area contributed by atoms with Crippen molar-refractivity contribution >= 4 is 28.8 Å². The topological polar surface area (TPSA) is 67.9 Å². The third-order valence-electron chi connectivity index (χ3n) is 4.95. The predicted molar refractivity (Wildman–Crippen MR) is 125 cm³/mol. The van der Waals surface area contributed by atoms with Gasteiger partial charge in [-0.3, -0.25) is 9.59 Å². The molecule has 0 spiro atoms. The van der Waals surface area contributed by atoms with Crippen LogP contribution >= 0.6 is 0 Å². The Morgan fingerprint density at radius 2 is 1.56 bits per heavy atom. The summed E-state index contributed by atoms with van der Waals surface area (Å²) in [5, 5.41) is 3.15. The van der Waals surface area contributed by atoms with Gasteiger partial charge >= 0.3 is 0 Å². The molecule has 162 valence electrons. The Morgan fingerprint density at radius 3 is 2.28 bits per heavy atom. The van der Waals surface area contributed by atoms with Crippen LogP contribution in [0.1, 0.15) is 19.4 Å². The maximum absolute atomic E-state index is 13.6. The molecule has 0 unspecified atom stereocenters. The van der Waals surface area contributed by atoms with E-state index < -0.39 is 11.8 Å². The van der Waals surface area contributed by atoms with Crippen molar-refractivity contribution in [3.8, 4) is 11.5 Å². The fourth-order valence-electron chi connectivity index (χ4n) is 3.58. The Labute approximate surface area is 187 Å². The quantitative estimate of drug-likeness (QED) is 0.544. The number of rotatable bonds is 7. The molecule has 0 radical (unpaired) electrons. The number of carbonyl (C=O) groups is 2. The van der Waals surface area contributed by atoms with Gasteiger partial charge in [-0.2, -0.15) is 0 Å². The lowest BCUT2D eigenvalue weighted by Gasteiger charge is -2.20. The van der Waals surface area contributed by atoms with E-state index >= 15 is 0 Å². The fourth-order valence-corrected chi connectivity index (χ4v) is 3.58. The number of nitrogens with one attached hydrogen (secondary N) is 1. The standard InChI is InChI=1S/C26H24N2O4/c1-17(2)32-22-15-8-7-14-21(22)28-25(29)23(18-10-5-4-6-11-18)24(26(28)30)27-19-12-9-13-20(16-19)31-3/h4-17,27H,1-3H3. The number of anilines is 2. The van der Waals surface area contributed by atoms with Gasteiger partial charge in [0.2, 0.25) is 0 Å². The zero-order chi connectivity index (χ0) is 22.7. The van der Waals surface area contributed by atoms with E-state index in [0.717, 1.165) is 0 Å². The Morgan fingerprint density at radius 1 is 0.844 bits per heavy atom. The molecule has 0 aliphatic carbocycles. The number of amides is 2. The summed E-state index contributed by atoms with van der Waals surface area (Å²) in [5.74, 6) is 0.253. The lowest BCUT2D eigenvalue weighted by atomic mass is 10.0. The average molecular weight is 428 g/mol. The van der Waals surface area contributed by atoms with Crippen molar-refractivity contribution in [2.24, 2.45) is 0 Å². The van der Waals surface area contributed by atoms with E-state index in [2.05, 4.69) is 5.32 Å². The van der Waals surface area contributed by atoms with E-state index in [9.17, 15) is 9.59 Å². The highest BCUT2D eigenvalue weighted by molar-refractivity contribution is 6.46. The van der Waals surface area contributed by atoms with E-state index in [4.69, 9.17) is 9.47 Å². The van der Waals surface area contributed by atoms with Gasteiger partial charge in [-0.05, 0) is 43.7 Å². The Bertz CT molecular complexity index is 1190. The van der Waals surface area contributed by atoms with Crippen LogP contribution in [0, 0.1) is 0 Å². The number of carbonyl (C=O) groups excluding carboxylic acids is 2. The molecule has 1 N–H and O–H groups in total. The van der Waals surface area contributed by atoms with Crippen LogP contribution in [0.2, 0.25) is 0 Å². The van der Waals surface area contributed by atoms with E-state index in [-0.39, 0.29) is 11.8 Å². The highest BCUT2D eigenvalue weighted by atomic mass is 16.5. The van der Waals surface area contributed by atoms with Gasteiger partial charge in [-0.15, -0.1) is 0 Å². The van der Waals surface area contributed by atoms with Crippen molar-refractivity contribution < 1.29 is 19.1 Å². The van der Waals surface area contributed by atoms with Gasteiger partial charge in [0, 0.05) is 11.8 Å². The van der Waals surface area contributed by atoms with Crippen molar-refractivity contribution in [1.29, 1.82) is 0 Å². The SMILES string of the molecule is COc1cccc(NC2=C(c3ccccc3)C(=O)N(c3ccccc3OC(C)C)C2=O)c1. The molecule has 1 aliphatic heterocycles. The smallest absolute Gasteiger partial charge is 0.282 e. The highest BCUT2D eigenvalue weighted by Crippen LogP contribution is 2.38. The second-order valence-electron chi connectivity index (χ2n) is 7.55. The molecule has 3 aromatic carbocycles. The molecule has 0 aromatic heterocycles. The number of hydrogen-bond donors (Lipinski definition) is 1. The molecule has 4 rings (SSSR count). The lowest BCUT2D eigenvalue weighted by molar-refractivity contribution is -0.120. The largest absolute Gasteiger partial charge is 0.497 e. The molecule has 0 bridgehead atoms. The molecule has 1 aliphatic rings. The van der Waals surface area contributed by atoms with Gasteiger partial charge in [-0.25, -0.2) is 4.90 Å². The van der Waals surface area contributed by atoms with Gasteiger partial charge in [0.25, 0.3) is 11.8 Å². The summed E-state index contributed by atoms with van der Waals surface area (Å²) in [6.07, 6.45) is -0.111. The van der Waals surface area contributed by atoms with Crippen LogP contribution in [0.15, 0.2) is 84.6 Å². The Hall–Kier alpha value is -4.06. The minimum atomic E-state index is -0.448. The van der Waals surface area contributed by atoms with Gasteiger partial charge in [0.1, 0.15) is 17.2 Å². The molecule has 6 heteroatoms. The molecule has 0 saturated carbocycles. The van der Waals surface area contributed by atoms with Crippen LogP contribution in [0.4, 0.5) is 11.4 Å². The second-order valence-corrected chi connectivity index (χ2v) is 7.55. The number of nitrogens with zero attached hydrogens (tertiary/aromatic N) is 1. The van der Waals surface area contributed by atoms with Crippen molar-refractivity contribution in [1.82, 2.24) is 0 Å². The van der Waals surface area contributed by atoms with Gasteiger partial charge in [0.05, 0.1) is 24.5 Å². The van der Waals surface area contributed by atoms with E-state index in [1.807, 2.05) is 68.4 Å². The zero-order valence-electron chi connectivity index (χ0n) is 18.2. The normalized spacial score (nSPS) is 13.7. The van der Waals surface area contributed by atoms with Crippen LogP contribution in [-0.4, -0.2) is 25.0 Å². The third-order valence-corrected chi connectivity index (χ3v) is 4.95. The van der Waals surface area contributed by atoms with Crippen LogP contribution in [0.5, 0.6) is 11.5 Å². The summed E-state index contributed by atoms with van der Waals surface area (Å²) in [6, 6.07) is 23.4. The van der Waals surface area contributed by atoms with Crippen molar-refractivity contribution in [3.05, 3.63) is 90.1 Å². The van der Waals surface area contributed by atoms with Crippen LogP contribution in [0.25, 0.3) is 5.57 Å². The minimum Gasteiger partial charge on any atom is -0.497 e. The minimum absolute atomic E-state index is 0.111. The number of benzene rings is 3. The first-order chi connectivity index (χ1) is 15.5. The van der Waals surface area contributed by atoms with Crippen molar-refractivity contribution in [2.45, 2.75) is 20.0 Å². The molecule has 6 nitrogen and oxygen atoms in total. The molecule has 0 saturated heterocycles. The summed E-state index contributed by atoms with van der Waals surface area (Å²) < 4.78 is 11.2. The number of methoxy groups -OCH3 is 1. The molecular formula is C26H24N2O4. The predicted octanol–water partition coefficient (Wildman–Crippen LogP) is 4.88. The first-order valence-electron chi connectivity index (χ1n) is 10.3. The van der Waals surface area contributed by atoms with Crippen molar-refractivity contribution in [2.75, 3.05) is 17.3 Å². The number of imide groups is 1. The van der Waals surface area contributed by atoms with Gasteiger partial charge in [-0.1, -0.05) is 48.5 Å². The molecule has 0 fully saturated rings. The Balaban J connectivity index is 1.81. The average Bonchev–Trinajstić information content (AvgIpc) is 3.04. The van der Waals surface area contributed by atoms with Gasteiger partial charge in [0.15, 0.2) is 0 Å². The second kappa shape index (κ2) is 8.98. The molecule has 32 heavy (non-hydrogen) atoms. The fraction of sp³-hybridized carbons (Fsp3) is 0.154. The van der Waals surface area contributed by atoms with E-state index in [1.54, 1.807) is 31.4 Å². The van der Waals surface area contributed by atoms with E-state index in [0.29, 0.717) is 34.0 Å². The summed E-state index contributed by atoms with van der Waals surface area (Å²) in [4.78, 5) is 28.4. The molecular weight excluding hydrogens is 404 g/mol. The first-order valence-corrected chi connectivity index (χ1v) is 10.3. The summed E-state index contributed by atoms with van der Waals surface area (Å²) in [6.45, 7) is 3.79. The summed E-state index contributed by atoms with van der Waals surface area (Å²) >= 11 is 0. The molecule has 2 amide bonds. The first kappa shape index (κ1) is 21.2. The van der Waals surface area contributed by atoms with Gasteiger partial charge < -0.3 is 14.8 Å². The Kier molecular flexibility index (Phi) is 5.94.